The minimum Gasteiger partial charge on any atom is -0.492 e. The zero-order chi connectivity index (χ0) is 12.3. The van der Waals surface area contributed by atoms with E-state index in [0.717, 1.165) is 18.7 Å². The van der Waals surface area contributed by atoms with Crippen molar-refractivity contribution >= 4 is 0 Å². The van der Waals surface area contributed by atoms with E-state index in [-0.39, 0.29) is 5.54 Å². The maximum atomic E-state index is 5.93. The Labute approximate surface area is 104 Å². The van der Waals surface area contributed by atoms with Gasteiger partial charge in [-0.1, -0.05) is 12.1 Å². The SMILES string of the molecule is Cc1cccc(OCC2(CN)CCCN2C)c1. The normalized spacial score (nSPS) is 25.1. The minimum atomic E-state index is 0.0315. The van der Waals surface area contributed by atoms with Crippen LogP contribution in [-0.4, -0.2) is 37.2 Å². The summed E-state index contributed by atoms with van der Waals surface area (Å²) in [5.41, 5.74) is 7.19. The maximum absolute atomic E-state index is 5.93. The predicted octanol–water partition coefficient (Wildman–Crippen LogP) is 1.80. The first kappa shape index (κ1) is 12.4. The number of hydrogen-bond donors (Lipinski definition) is 1. The van der Waals surface area contributed by atoms with Gasteiger partial charge < -0.3 is 10.5 Å². The molecule has 0 radical (unpaired) electrons. The molecule has 0 aromatic heterocycles. The van der Waals surface area contributed by atoms with Crippen LogP contribution in [0.4, 0.5) is 0 Å². The Kier molecular flexibility index (Phi) is 3.69. The highest BCUT2D eigenvalue weighted by Crippen LogP contribution is 2.27. The number of nitrogens with zero attached hydrogens (tertiary/aromatic N) is 1. The molecule has 17 heavy (non-hydrogen) atoms. The van der Waals surface area contributed by atoms with Crippen LogP contribution in [0.15, 0.2) is 24.3 Å². The molecule has 1 saturated heterocycles. The first-order valence-corrected chi connectivity index (χ1v) is 6.27. The van der Waals surface area contributed by atoms with Gasteiger partial charge in [-0.25, -0.2) is 0 Å². The molecule has 1 aliphatic rings. The Bertz CT molecular complexity index is 380. The van der Waals surface area contributed by atoms with Crippen molar-refractivity contribution in [1.82, 2.24) is 4.90 Å². The third-order valence-electron chi connectivity index (χ3n) is 3.82. The summed E-state index contributed by atoms with van der Waals surface area (Å²) in [7, 11) is 2.14. The van der Waals surface area contributed by atoms with E-state index >= 15 is 0 Å². The van der Waals surface area contributed by atoms with Crippen molar-refractivity contribution in [3.05, 3.63) is 29.8 Å². The summed E-state index contributed by atoms with van der Waals surface area (Å²) in [5.74, 6) is 0.943. The average Bonchev–Trinajstić information content (AvgIpc) is 2.69. The van der Waals surface area contributed by atoms with Crippen LogP contribution in [0.3, 0.4) is 0 Å². The van der Waals surface area contributed by atoms with Crippen molar-refractivity contribution < 1.29 is 4.74 Å². The average molecular weight is 234 g/mol. The summed E-state index contributed by atoms with van der Waals surface area (Å²) in [4.78, 5) is 2.34. The van der Waals surface area contributed by atoms with Gasteiger partial charge >= 0.3 is 0 Å². The Morgan fingerprint density at radius 3 is 2.88 bits per heavy atom. The highest BCUT2D eigenvalue weighted by atomic mass is 16.5. The van der Waals surface area contributed by atoms with Crippen molar-refractivity contribution in [2.24, 2.45) is 5.73 Å². The second-order valence-electron chi connectivity index (χ2n) is 5.06. The van der Waals surface area contributed by atoms with Gasteiger partial charge in [-0.15, -0.1) is 0 Å². The highest BCUT2D eigenvalue weighted by molar-refractivity contribution is 5.27. The van der Waals surface area contributed by atoms with Crippen molar-refractivity contribution in [1.29, 1.82) is 0 Å². The zero-order valence-electron chi connectivity index (χ0n) is 10.8. The molecular weight excluding hydrogens is 212 g/mol. The van der Waals surface area contributed by atoms with Gasteiger partial charge in [0.25, 0.3) is 0 Å². The predicted molar refractivity (Wildman–Crippen MR) is 70.3 cm³/mol. The summed E-state index contributed by atoms with van der Waals surface area (Å²) < 4.78 is 5.91. The molecule has 3 heteroatoms. The molecule has 1 unspecified atom stereocenters. The Morgan fingerprint density at radius 1 is 1.47 bits per heavy atom. The molecule has 1 atom stereocenters. The van der Waals surface area contributed by atoms with Gasteiger partial charge in [0.15, 0.2) is 0 Å². The molecule has 1 heterocycles. The Hall–Kier alpha value is -1.06. The summed E-state index contributed by atoms with van der Waals surface area (Å²) in [5, 5.41) is 0. The van der Waals surface area contributed by atoms with Crippen LogP contribution in [0, 0.1) is 6.92 Å². The van der Waals surface area contributed by atoms with Crippen LogP contribution in [0.5, 0.6) is 5.75 Å². The lowest BCUT2D eigenvalue weighted by atomic mass is 9.98. The van der Waals surface area contributed by atoms with Crippen LogP contribution in [0.2, 0.25) is 0 Å². The quantitative estimate of drug-likeness (QED) is 0.863. The molecule has 1 aromatic carbocycles. The number of hydrogen-bond acceptors (Lipinski definition) is 3. The molecule has 2 rings (SSSR count). The molecule has 1 aromatic rings. The first-order chi connectivity index (χ1) is 8.16. The van der Waals surface area contributed by atoms with Gasteiger partial charge in [0, 0.05) is 6.54 Å². The van der Waals surface area contributed by atoms with Crippen LogP contribution >= 0.6 is 0 Å². The molecule has 1 fully saturated rings. The van der Waals surface area contributed by atoms with E-state index in [1.54, 1.807) is 0 Å². The number of nitrogens with two attached hydrogens (primary N) is 1. The van der Waals surface area contributed by atoms with E-state index < -0.39 is 0 Å². The van der Waals surface area contributed by atoms with Crippen molar-refractivity contribution in [2.75, 3.05) is 26.7 Å². The molecule has 94 valence electrons. The molecule has 0 spiro atoms. The van der Waals surface area contributed by atoms with Crippen LogP contribution in [0.1, 0.15) is 18.4 Å². The van der Waals surface area contributed by atoms with E-state index in [0.29, 0.717) is 13.2 Å². The number of ether oxygens (including phenoxy) is 1. The second kappa shape index (κ2) is 5.07. The third-order valence-corrected chi connectivity index (χ3v) is 3.82. The summed E-state index contributed by atoms with van der Waals surface area (Å²) in [6, 6.07) is 8.18. The lowest BCUT2D eigenvalue weighted by Gasteiger charge is -2.34. The fourth-order valence-electron chi connectivity index (χ4n) is 2.50. The Balaban J connectivity index is 2.01. The van der Waals surface area contributed by atoms with Gasteiger partial charge in [-0.2, -0.15) is 0 Å². The van der Waals surface area contributed by atoms with Crippen molar-refractivity contribution in [2.45, 2.75) is 25.3 Å². The molecule has 3 nitrogen and oxygen atoms in total. The summed E-state index contributed by atoms with van der Waals surface area (Å²) >= 11 is 0. The fraction of sp³-hybridized carbons (Fsp3) is 0.571. The lowest BCUT2D eigenvalue weighted by Crippen LogP contribution is -2.52. The molecule has 0 aliphatic carbocycles. The van der Waals surface area contributed by atoms with E-state index in [9.17, 15) is 0 Å². The number of rotatable bonds is 4. The number of likely N-dealkylation sites (tertiary alicyclic amines) is 1. The highest BCUT2D eigenvalue weighted by Gasteiger charge is 2.38. The molecule has 0 saturated carbocycles. The maximum Gasteiger partial charge on any atom is 0.119 e. The standard InChI is InChI=1S/C14H22N2O/c1-12-5-3-6-13(9-12)17-11-14(10-15)7-4-8-16(14)2/h3,5-6,9H,4,7-8,10-11,15H2,1-2H3. The van der Waals surface area contributed by atoms with Crippen molar-refractivity contribution in [3.8, 4) is 5.75 Å². The first-order valence-electron chi connectivity index (χ1n) is 6.27. The van der Waals surface area contributed by atoms with Gasteiger partial charge in [-0.3, -0.25) is 4.90 Å². The van der Waals surface area contributed by atoms with E-state index in [1.165, 1.54) is 12.0 Å². The van der Waals surface area contributed by atoms with Gasteiger partial charge in [0.1, 0.15) is 12.4 Å². The monoisotopic (exact) mass is 234 g/mol. The van der Waals surface area contributed by atoms with Crippen molar-refractivity contribution in [3.63, 3.8) is 0 Å². The molecule has 0 amide bonds. The number of likely N-dealkylation sites (N-methyl/N-ethyl adjacent to an activating group) is 1. The minimum absolute atomic E-state index is 0.0315. The third kappa shape index (κ3) is 2.61. The van der Waals surface area contributed by atoms with E-state index in [4.69, 9.17) is 10.5 Å². The van der Waals surface area contributed by atoms with Crippen LogP contribution in [0.25, 0.3) is 0 Å². The van der Waals surface area contributed by atoms with Crippen LogP contribution in [-0.2, 0) is 0 Å². The molecule has 1 aliphatic heterocycles. The topological polar surface area (TPSA) is 38.5 Å². The summed E-state index contributed by atoms with van der Waals surface area (Å²) in [6.45, 7) is 4.54. The lowest BCUT2D eigenvalue weighted by molar-refractivity contribution is 0.104. The molecule has 0 bridgehead atoms. The van der Waals surface area contributed by atoms with Gasteiger partial charge in [0.2, 0.25) is 0 Å². The van der Waals surface area contributed by atoms with Gasteiger partial charge in [0.05, 0.1) is 5.54 Å². The number of aryl methyl sites for hydroxylation is 1. The summed E-state index contributed by atoms with van der Waals surface area (Å²) in [6.07, 6.45) is 2.34. The van der Waals surface area contributed by atoms with E-state index in [1.807, 2.05) is 12.1 Å². The largest absolute Gasteiger partial charge is 0.492 e. The number of benzene rings is 1. The van der Waals surface area contributed by atoms with E-state index in [2.05, 4.69) is 31.0 Å². The molecular formula is C14H22N2O. The zero-order valence-corrected chi connectivity index (χ0v) is 10.8. The van der Waals surface area contributed by atoms with Crippen LogP contribution < -0.4 is 10.5 Å². The van der Waals surface area contributed by atoms with Gasteiger partial charge in [-0.05, 0) is 51.1 Å². The smallest absolute Gasteiger partial charge is 0.119 e. The Morgan fingerprint density at radius 2 is 2.29 bits per heavy atom. The fourth-order valence-corrected chi connectivity index (χ4v) is 2.50. The molecule has 2 N–H and O–H groups in total. The second-order valence-corrected chi connectivity index (χ2v) is 5.06.